The van der Waals surface area contributed by atoms with E-state index < -0.39 is 0 Å². The zero-order valence-electron chi connectivity index (χ0n) is 18.4. The number of hydrogen-bond acceptors (Lipinski definition) is 4. The third-order valence-corrected chi connectivity index (χ3v) is 4.28. The Kier molecular flexibility index (Phi) is 8.15. The van der Waals surface area contributed by atoms with Crippen molar-refractivity contribution >= 4 is 23.1 Å². The Morgan fingerprint density at radius 2 is 1.08 bits per heavy atom. The molecule has 0 saturated carbocycles. The lowest BCUT2D eigenvalue weighted by molar-refractivity contribution is -0.550. The van der Waals surface area contributed by atoms with E-state index in [1.54, 1.807) is 5.43 Å². The van der Waals surface area contributed by atoms with Gasteiger partial charge in [0, 0.05) is 27.7 Å². The van der Waals surface area contributed by atoms with Gasteiger partial charge >= 0.3 is 5.96 Å². The van der Waals surface area contributed by atoms with Crippen molar-refractivity contribution < 1.29 is 5.43 Å². The van der Waals surface area contributed by atoms with E-state index in [9.17, 15) is 0 Å². The van der Waals surface area contributed by atoms with Crippen LogP contribution in [-0.4, -0.2) is 23.1 Å². The van der Waals surface area contributed by atoms with Gasteiger partial charge in [0.15, 0.2) is 0 Å². The van der Waals surface area contributed by atoms with E-state index >= 15 is 0 Å². The van der Waals surface area contributed by atoms with Gasteiger partial charge in [0.2, 0.25) is 0 Å². The van der Waals surface area contributed by atoms with Gasteiger partial charge in [-0.15, -0.1) is 0 Å². The molecule has 144 valence electrons. The molecule has 6 heteroatoms. The van der Waals surface area contributed by atoms with E-state index in [0.29, 0.717) is 5.96 Å². The summed E-state index contributed by atoms with van der Waals surface area (Å²) in [6.07, 6.45) is 0. The highest BCUT2D eigenvalue weighted by atomic mass is 15.5. The van der Waals surface area contributed by atoms with Crippen LogP contribution in [-0.2, 0) is 0 Å². The Balaban J connectivity index is 5.54. The molecule has 0 radical (unpaired) electrons. The summed E-state index contributed by atoms with van der Waals surface area (Å²) in [5.41, 5.74) is 7.64. The molecule has 6 nitrogen and oxygen atoms in total. The van der Waals surface area contributed by atoms with Crippen LogP contribution in [0.15, 0.2) is 20.4 Å². The number of quaternary nitrogens is 1. The van der Waals surface area contributed by atoms with Crippen LogP contribution in [0.2, 0.25) is 0 Å². The van der Waals surface area contributed by atoms with E-state index in [-0.39, 0.29) is 16.2 Å². The monoisotopic (exact) mass is 351 g/mol. The number of nitrogens with two attached hydrogens (primary N) is 1. The molecular formula is C19H39N6+. The van der Waals surface area contributed by atoms with Crippen LogP contribution in [0.3, 0.4) is 0 Å². The van der Waals surface area contributed by atoms with E-state index in [0.717, 1.165) is 17.1 Å². The summed E-state index contributed by atoms with van der Waals surface area (Å²) in [6.45, 7) is 25.1. The van der Waals surface area contributed by atoms with Crippen molar-refractivity contribution in [1.29, 1.82) is 0 Å². The number of nitrogens with zero attached hydrogens (tertiary/aromatic N) is 4. The number of guanidine groups is 1. The number of nitrogens with one attached hydrogen (secondary N) is 1. The second-order valence-corrected chi connectivity index (χ2v) is 9.57. The minimum Gasteiger partial charge on any atom is -0.211 e. The van der Waals surface area contributed by atoms with Crippen LogP contribution >= 0.6 is 0 Å². The maximum atomic E-state index is 4.54. The zero-order chi connectivity index (χ0) is 20.1. The van der Waals surface area contributed by atoms with Crippen molar-refractivity contribution in [2.75, 3.05) is 0 Å². The van der Waals surface area contributed by atoms with Crippen LogP contribution in [0.1, 0.15) is 83.1 Å². The highest BCUT2D eigenvalue weighted by molar-refractivity contribution is 5.89. The van der Waals surface area contributed by atoms with Crippen LogP contribution in [0.25, 0.3) is 0 Å². The fourth-order valence-electron chi connectivity index (χ4n) is 1.02. The molecule has 0 amide bonds. The average Bonchev–Trinajstić information content (AvgIpc) is 2.42. The quantitative estimate of drug-likeness (QED) is 0.345. The first-order valence-corrected chi connectivity index (χ1v) is 8.86. The SMILES string of the molecule is CC(=NN=C(NN=C(C)C(C)(C)C)[NH2+]N=C(C)C(C)(C)C)C(C)(C)C. The van der Waals surface area contributed by atoms with Crippen molar-refractivity contribution in [2.24, 2.45) is 36.7 Å². The summed E-state index contributed by atoms with van der Waals surface area (Å²) in [4.78, 5) is 0. The molecule has 0 spiro atoms. The molecule has 0 aliphatic carbocycles. The van der Waals surface area contributed by atoms with E-state index in [4.69, 9.17) is 0 Å². The molecule has 0 unspecified atom stereocenters. The van der Waals surface area contributed by atoms with E-state index in [2.05, 4.69) is 88.1 Å². The largest absolute Gasteiger partial charge is 0.365 e. The molecule has 0 fully saturated rings. The normalized spacial score (nSPS) is 16.3. The molecule has 25 heavy (non-hydrogen) atoms. The Bertz CT molecular complexity index is 526. The molecule has 0 aromatic heterocycles. The molecule has 0 aliphatic rings. The smallest absolute Gasteiger partial charge is 0.211 e. The number of rotatable bonds is 3. The highest BCUT2D eigenvalue weighted by Gasteiger charge is 2.18. The molecule has 0 aromatic carbocycles. The number of hydrogen-bond donors (Lipinski definition) is 2. The van der Waals surface area contributed by atoms with Gasteiger partial charge in [-0.2, -0.15) is 15.6 Å². The average molecular weight is 352 g/mol. The van der Waals surface area contributed by atoms with Gasteiger partial charge in [-0.05, 0) is 20.8 Å². The minimum absolute atomic E-state index is 0.00665. The topological polar surface area (TPSA) is 78.1 Å². The van der Waals surface area contributed by atoms with Crippen LogP contribution in [0.5, 0.6) is 0 Å². The first-order valence-electron chi connectivity index (χ1n) is 8.86. The maximum absolute atomic E-state index is 4.54. The van der Waals surface area contributed by atoms with Gasteiger partial charge in [0.1, 0.15) is 0 Å². The van der Waals surface area contributed by atoms with Crippen molar-refractivity contribution in [2.45, 2.75) is 83.1 Å². The third kappa shape index (κ3) is 9.48. The Morgan fingerprint density at radius 3 is 1.48 bits per heavy atom. The molecule has 3 N–H and O–H groups in total. The summed E-state index contributed by atoms with van der Waals surface area (Å²) >= 11 is 0. The standard InChI is InChI=1S/C19H38N6/c1-13(17(4,5)6)20-23-16(24-21-14(2)18(7,8)9)25-22-15(3)19(10,11)12/h1-12H3,(H2,23,24,25)/p+1. The van der Waals surface area contributed by atoms with Crippen LogP contribution in [0, 0.1) is 16.2 Å². The minimum atomic E-state index is -0.0240. The summed E-state index contributed by atoms with van der Waals surface area (Å²) in [6, 6.07) is 0. The fraction of sp³-hybridized carbons (Fsp3) is 0.789. The summed E-state index contributed by atoms with van der Waals surface area (Å²) in [5.74, 6) is 0.524. The molecular weight excluding hydrogens is 312 g/mol. The first-order chi connectivity index (χ1) is 11.0. The second kappa shape index (κ2) is 8.70. The predicted molar refractivity (Wildman–Crippen MR) is 110 cm³/mol. The Hall–Kier alpha value is -1.56. The van der Waals surface area contributed by atoms with Gasteiger partial charge in [-0.1, -0.05) is 72.5 Å². The molecule has 0 aliphatic heterocycles. The lowest BCUT2D eigenvalue weighted by atomic mass is 9.91. The van der Waals surface area contributed by atoms with Gasteiger partial charge in [-0.3, -0.25) is 0 Å². The Morgan fingerprint density at radius 1 is 0.640 bits per heavy atom. The summed E-state index contributed by atoms with van der Waals surface area (Å²) in [5, 5.41) is 17.6. The highest BCUT2D eigenvalue weighted by Crippen LogP contribution is 2.16. The maximum Gasteiger partial charge on any atom is 0.365 e. The van der Waals surface area contributed by atoms with Crippen LogP contribution < -0.4 is 10.9 Å². The molecule has 0 bridgehead atoms. The fourth-order valence-corrected chi connectivity index (χ4v) is 1.02. The predicted octanol–water partition coefficient (Wildman–Crippen LogP) is 3.76. The van der Waals surface area contributed by atoms with Gasteiger partial charge in [0.25, 0.3) is 0 Å². The van der Waals surface area contributed by atoms with Crippen molar-refractivity contribution in [3.8, 4) is 0 Å². The third-order valence-electron chi connectivity index (χ3n) is 4.28. The van der Waals surface area contributed by atoms with Crippen molar-refractivity contribution in [3.63, 3.8) is 0 Å². The van der Waals surface area contributed by atoms with Crippen molar-refractivity contribution in [1.82, 2.24) is 5.43 Å². The first kappa shape index (κ1) is 23.4. The van der Waals surface area contributed by atoms with Gasteiger partial charge in [0.05, 0.1) is 5.71 Å². The summed E-state index contributed by atoms with van der Waals surface area (Å²) < 4.78 is 0. The molecule has 0 rings (SSSR count). The molecule has 0 atom stereocenters. The summed E-state index contributed by atoms with van der Waals surface area (Å²) in [7, 11) is 0. The molecule has 0 saturated heterocycles. The lowest BCUT2D eigenvalue weighted by Gasteiger charge is -2.18. The molecule has 0 aromatic rings. The van der Waals surface area contributed by atoms with Gasteiger partial charge in [-0.25, -0.2) is 5.43 Å². The van der Waals surface area contributed by atoms with Crippen molar-refractivity contribution in [3.05, 3.63) is 0 Å². The van der Waals surface area contributed by atoms with E-state index in [1.807, 2.05) is 20.8 Å². The van der Waals surface area contributed by atoms with Gasteiger partial charge < -0.3 is 0 Å². The lowest BCUT2D eigenvalue weighted by Crippen LogP contribution is -2.86. The second-order valence-electron chi connectivity index (χ2n) is 9.57. The van der Waals surface area contributed by atoms with E-state index in [1.165, 1.54) is 0 Å². The Labute approximate surface area is 154 Å². The molecule has 0 heterocycles. The zero-order valence-corrected chi connectivity index (χ0v) is 18.4. The van der Waals surface area contributed by atoms with Crippen LogP contribution in [0.4, 0.5) is 0 Å². The number of hydrazone groups is 1.